The lowest BCUT2D eigenvalue weighted by molar-refractivity contribution is 0.104. The molecule has 0 aliphatic carbocycles. The number of aryl methyl sites for hydroxylation is 1. The number of aromatic nitrogens is 4. The van der Waals surface area contributed by atoms with Crippen molar-refractivity contribution in [3.63, 3.8) is 0 Å². The van der Waals surface area contributed by atoms with Gasteiger partial charge in [0.05, 0.1) is 29.0 Å². The van der Waals surface area contributed by atoms with E-state index >= 15 is 0 Å². The Morgan fingerprint density at radius 1 is 1.28 bits per heavy atom. The van der Waals surface area contributed by atoms with E-state index in [1.807, 2.05) is 31.3 Å². The van der Waals surface area contributed by atoms with E-state index in [-0.39, 0.29) is 5.78 Å². The molecule has 90 valence electrons. The van der Waals surface area contributed by atoms with Crippen molar-refractivity contribution in [2.75, 3.05) is 0 Å². The Morgan fingerprint density at radius 2 is 2.17 bits per heavy atom. The Bertz CT molecular complexity index is 710. The Labute approximate surface area is 104 Å². The highest BCUT2D eigenvalue weighted by atomic mass is 16.1. The van der Waals surface area contributed by atoms with Crippen LogP contribution in [0.15, 0.2) is 43.0 Å². The van der Waals surface area contributed by atoms with E-state index in [0.717, 1.165) is 12.1 Å². The summed E-state index contributed by atoms with van der Waals surface area (Å²) >= 11 is 0. The summed E-state index contributed by atoms with van der Waals surface area (Å²) in [5.41, 5.74) is 2.01. The lowest BCUT2D eigenvalue weighted by atomic mass is 10.1. The van der Waals surface area contributed by atoms with E-state index < -0.39 is 0 Å². The zero-order valence-corrected chi connectivity index (χ0v) is 9.95. The standard InChI is InChI=1S/C13H12N4O/c1-2-16-9-10(7-14-16)13(18)11-8-15-17-6-4-3-5-12(11)17/h3-9H,2H2,1H3. The Morgan fingerprint density at radius 3 is 2.94 bits per heavy atom. The third kappa shape index (κ3) is 1.60. The number of pyridine rings is 1. The minimum absolute atomic E-state index is 0.0455. The first kappa shape index (κ1) is 10.7. The van der Waals surface area contributed by atoms with Crippen LogP contribution in [0.4, 0.5) is 0 Å². The summed E-state index contributed by atoms with van der Waals surface area (Å²) in [6, 6.07) is 5.65. The molecular weight excluding hydrogens is 228 g/mol. The van der Waals surface area contributed by atoms with Crippen LogP contribution in [-0.4, -0.2) is 25.2 Å². The molecule has 18 heavy (non-hydrogen) atoms. The van der Waals surface area contributed by atoms with Gasteiger partial charge in [-0.1, -0.05) is 6.07 Å². The minimum atomic E-state index is -0.0455. The number of carbonyl (C=O) groups is 1. The molecule has 3 aromatic rings. The second kappa shape index (κ2) is 4.10. The summed E-state index contributed by atoms with van der Waals surface area (Å²) in [6.45, 7) is 2.73. The lowest BCUT2D eigenvalue weighted by Gasteiger charge is -1.96. The minimum Gasteiger partial charge on any atom is -0.288 e. The molecule has 0 radical (unpaired) electrons. The molecule has 0 bridgehead atoms. The summed E-state index contributed by atoms with van der Waals surface area (Å²) < 4.78 is 3.43. The van der Waals surface area contributed by atoms with Gasteiger partial charge in [-0.15, -0.1) is 0 Å². The quantitative estimate of drug-likeness (QED) is 0.656. The molecule has 0 aromatic carbocycles. The van der Waals surface area contributed by atoms with Crippen LogP contribution in [0.2, 0.25) is 0 Å². The number of nitrogens with zero attached hydrogens (tertiary/aromatic N) is 4. The smallest absolute Gasteiger partial charge is 0.199 e. The normalized spacial score (nSPS) is 10.9. The first-order valence-corrected chi connectivity index (χ1v) is 5.79. The van der Waals surface area contributed by atoms with Crippen LogP contribution in [-0.2, 0) is 6.54 Å². The lowest BCUT2D eigenvalue weighted by Crippen LogP contribution is -2.00. The third-order valence-electron chi connectivity index (χ3n) is 2.89. The highest BCUT2D eigenvalue weighted by Crippen LogP contribution is 2.15. The van der Waals surface area contributed by atoms with E-state index in [1.54, 1.807) is 27.8 Å². The van der Waals surface area contributed by atoms with E-state index in [1.165, 1.54) is 0 Å². The largest absolute Gasteiger partial charge is 0.288 e. The molecule has 0 saturated heterocycles. The van der Waals surface area contributed by atoms with E-state index in [9.17, 15) is 4.79 Å². The van der Waals surface area contributed by atoms with Crippen LogP contribution in [0.3, 0.4) is 0 Å². The SMILES string of the molecule is CCn1cc(C(=O)c2cnn3ccccc23)cn1. The fourth-order valence-electron chi connectivity index (χ4n) is 1.92. The molecule has 0 aliphatic heterocycles. The van der Waals surface area contributed by atoms with Crippen molar-refractivity contribution in [1.82, 2.24) is 19.4 Å². The molecule has 0 N–H and O–H groups in total. The fourth-order valence-corrected chi connectivity index (χ4v) is 1.92. The topological polar surface area (TPSA) is 52.2 Å². The molecule has 3 rings (SSSR count). The summed E-state index contributed by atoms with van der Waals surface area (Å²) in [7, 11) is 0. The van der Waals surface area contributed by atoms with Gasteiger partial charge in [-0.25, -0.2) is 4.52 Å². The van der Waals surface area contributed by atoms with Crippen molar-refractivity contribution in [2.45, 2.75) is 13.5 Å². The third-order valence-corrected chi connectivity index (χ3v) is 2.89. The zero-order chi connectivity index (χ0) is 12.5. The fraction of sp³-hybridized carbons (Fsp3) is 0.154. The van der Waals surface area contributed by atoms with Gasteiger partial charge >= 0.3 is 0 Å². The van der Waals surface area contributed by atoms with Gasteiger partial charge in [-0.2, -0.15) is 10.2 Å². The first-order chi connectivity index (χ1) is 8.79. The van der Waals surface area contributed by atoms with Crippen LogP contribution in [0.1, 0.15) is 22.8 Å². The Hall–Kier alpha value is -2.43. The number of carbonyl (C=O) groups excluding carboxylic acids is 1. The average molecular weight is 240 g/mol. The van der Waals surface area contributed by atoms with Crippen molar-refractivity contribution in [1.29, 1.82) is 0 Å². The van der Waals surface area contributed by atoms with E-state index in [2.05, 4.69) is 10.2 Å². The Kier molecular flexibility index (Phi) is 2.44. The number of hydrogen-bond donors (Lipinski definition) is 0. The summed E-state index contributed by atoms with van der Waals surface area (Å²) in [4.78, 5) is 12.3. The predicted octanol–water partition coefficient (Wildman–Crippen LogP) is 1.78. The first-order valence-electron chi connectivity index (χ1n) is 5.79. The number of fused-ring (bicyclic) bond motifs is 1. The van der Waals surface area contributed by atoms with Crippen LogP contribution >= 0.6 is 0 Å². The molecule has 5 nitrogen and oxygen atoms in total. The second-order valence-corrected chi connectivity index (χ2v) is 4.00. The molecule has 3 aromatic heterocycles. The van der Waals surface area contributed by atoms with Gasteiger partial charge in [0.25, 0.3) is 0 Å². The van der Waals surface area contributed by atoms with Crippen molar-refractivity contribution in [3.05, 3.63) is 54.1 Å². The summed E-state index contributed by atoms with van der Waals surface area (Å²) in [5, 5.41) is 8.28. The summed E-state index contributed by atoms with van der Waals surface area (Å²) in [5.74, 6) is -0.0455. The number of hydrogen-bond acceptors (Lipinski definition) is 3. The van der Waals surface area contributed by atoms with Crippen molar-refractivity contribution in [3.8, 4) is 0 Å². The maximum absolute atomic E-state index is 12.3. The molecule has 0 saturated carbocycles. The number of rotatable bonds is 3. The zero-order valence-electron chi connectivity index (χ0n) is 9.95. The Balaban J connectivity index is 2.06. The average Bonchev–Trinajstić information content (AvgIpc) is 3.04. The molecule has 3 heterocycles. The molecule has 0 spiro atoms. The molecule has 0 unspecified atom stereocenters. The van der Waals surface area contributed by atoms with Crippen LogP contribution < -0.4 is 0 Å². The maximum Gasteiger partial charge on any atom is 0.199 e. The molecule has 5 heteroatoms. The van der Waals surface area contributed by atoms with Crippen LogP contribution in [0.5, 0.6) is 0 Å². The second-order valence-electron chi connectivity index (χ2n) is 4.00. The van der Waals surface area contributed by atoms with Crippen LogP contribution in [0.25, 0.3) is 5.52 Å². The highest BCUT2D eigenvalue weighted by molar-refractivity contribution is 6.12. The van der Waals surface area contributed by atoms with Gasteiger partial charge in [0.15, 0.2) is 5.78 Å². The van der Waals surface area contributed by atoms with E-state index in [0.29, 0.717) is 11.1 Å². The van der Waals surface area contributed by atoms with Gasteiger partial charge in [0.2, 0.25) is 0 Å². The van der Waals surface area contributed by atoms with Crippen molar-refractivity contribution >= 4 is 11.3 Å². The van der Waals surface area contributed by atoms with Gasteiger partial charge < -0.3 is 0 Å². The van der Waals surface area contributed by atoms with E-state index in [4.69, 9.17) is 0 Å². The maximum atomic E-state index is 12.3. The van der Waals surface area contributed by atoms with Gasteiger partial charge in [-0.3, -0.25) is 9.48 Å². The number of ketones is 1. The molecule has 0 amide bonds. The summed E-state index contributed by atoms with van der Waals surface area (Å²) in [6.07, 6.45) is 6.77. The molecule has 0 aliphatic rings. The monoisotopic (exact) mass is 240 g/mol. The highest BCUT2D eigenvalue weighted by Gasteiger charge is 2.15. The molecular formula is C13H12N4O. The molecule has 0 atom stereocenters. The van der Waals surface area contributed by atoms with Crippen LogP contribution in [0, 0.1) is 0 Å². The van der Waals surface area contributed by atoms with Crippen molar-refractivity contribution in [2.24, 2.45) is 0 Å². The van der Waals surface area contributed by atoms with Gasteiger partial charge in [-0.05, 0) is 19.1 Å². The molecule has 0 fully saturated rings. The van der Waals surface area contributed by atoms with Gasteiger partial charge in [0, 0.05) is 18.9 Å². The van der Waals surface area contributed by atoms with Gasteiger partial charge in [0.1, 0.15) is 0 Å². The van der Waals surface area contributed by atoms with Crippen molar-refractivity contribution < 1.29 is 4.79 Å². The predicted molar refractivity (Wildman–Crippen MR) is 66.5 cm³/mol.